The van der Waals surface area contributed by atoms with Crippen molar-refractivity contribution in [3.63, 3.8) is 0 Å². The van der Waals surface area contributed by atoms with E-state index in [1.165, 1.54) is 51.4 Å². The molecule has 1 heterocycles. The Labute approximate surface area is 159 Å². The summed E-state index contributed by atoms with van der Waals surface area (Å²) in [6, 6.07) is 0.527. The molecule has 2 aliphatic carbocycles. The van der Waals surface area contributed by atoms with Gasteiger partial charge in [-0.3, -0.25) is 4.99 Å². The first-order valence-corrected chi connectivity index (χ1v) is 12.4. The minimum Gasteiger partial charge on any atom is -0.356 e. The third-order valence-electron chi connectivity index (χ3n) is 6.55. The maximum Gasteiger partial charge on any atom is 0.191 e. The van der Waals surface area contributed by atoms with Crippen molar-refractivity contribution >= 4 is 15.8 Å². The van der Waals surface area contributed by atoms with E-state index in [0.29, 0.717) is 29.5 Å². The van der Waals surface area contributed by atoms with Gasteiger partial charge >= 0.3 is 0 Å². The summed E-state index contributed by atoms with van der Waals surface area (Å²) in [5, 5.41) is 7.18. The van der Waals surface area contributed by atoms with Gasteiger partial charge in [0.2, 0.25) is 0 Å². The van der Waals surface area contributed by atoms with E-state index in [-0.39, 0.29) is 5.92 Å². The highest BCUT2D eigenvalue weighted by atomic mass is 32.2. The highest BCUT2D eigenvalue weighted by Gasteiger charge is 2.29. The molecule has 26 heavy (non-hydrogen) atoms. The number of rotatable bonds is 5. The number of nitrogens with one attached hydrogen (secondary N) is 2. The topological polar surface area (TPSA) is 70.6 Å². The molecule has 1 atom stereocenters. The fraction of sp³-hybridized carbons (Fsp3) is 0.950. The maximum absolute atomic E-state index is 11.7. The van der Waals surface area contributed by atoms with Crippen LogP contribution in [-0.2, 0) is 9.84 Å². The fourth-order valence-corrected chi connectivity index (χ4v) is 6.41. The smallest absolute Gasteiger partial charge is 0.191 e. The Morgan fingerprint density at radius 3 is 2.35 bits per heavy atom. The van der Waals surface area contributed by atoms with E-state index < -0.39 is 9.84 Å². The summed E-state index contributed by atoms with van der Waals surface area (Å²) in [6.45, 7) is 6.36. The standard InChI is InChI=1S/C20H37N3O2S/c1-20(2)10-7-16(8-11-20)13-21-19(23-18-5-3-4-6-18)22-14-17-9-12-26(24,25)15-17/h16-18H,3-15H2,1-2H3,(H2,21,22,23). The van der Waals surface area contributed by atoms with Crippen molar-refractivity contribution in [2.75, 3.05) is 24.6 Å². The van der Waals surface area contributed by atoms with Gasteiger partial charge < -0.3 is 10.6 Å². The van der Waals surface area contributed by atoms with Gasteiger partial charge in [-0.1, -0.05) is 26.7 Å². The normalized spacial score (nSPS) is 29.8. The van der Waals surface area contributed by atoms with Gasteiger partial charge in [0.15, 0.2) is 15.8 Å². The Morgan fingerprint density at radius 1 is 1.04 bits per heavy atom. The van der Waals surface area contributed by atoms with Gasteiger partial charge in [0, 0.05) is 19.1 Å². The molecule has 2 saturated carbocycles. The van der Waals surface area contributed by atoms with Crippen LogP contribution < -0.4 is 10.6 Å². The average molecular weight is 384 g/mol. The molecule has 2 N–H and O–H groups in total. The van der Waals surface area contributed by atoms with Crippen molar-refractivity contribution in [2.24, 2.45) is 22.2 Å². The predicted octanol–water partition coefficient (Wildman–Crippen LogP) is 3.12. The minimum atomic E-state index is -2.82. The molecule has 0 amide bonds. The molecule has 1 unspecified atom stereocenters. The number of hydrogen-bond donors (Lipinski definition) is 2. The van der Waals surface area contributed by atoms with Crippen LogP contribution in [0.25, 0.3) is 0 Å². The molecular weight excluding hydrogens is 346 g/mol. The number of nitrogens with zero attached hydrogens (tertiary/aromatic N) is 1. The van der Waals surface area contributed by atoms with Crippen molar-refractivity contribution in [1.29, 1.82) is 0 Å². The molecule has 0 bridgehead atoms. The average Bonchev–Trinajstić information content (AvgIpc) is 3.20. The molecule has 1 aliphatic heterocycles. The Morgan fingerprint density at radius 2 is 1.73 bits per heavy atom. The van der Waals surface area contributed by atoms with E-state index in [0.717, 1.165) is 24.8 Å². The molecule has 0 aromatic carbocycles. The number of aliphatic imine (C=N–C) groups is 1. The summed E-state index contributed by atoms with van der Waals surface area (Å²) in [7, 11) is -2.82. The van der Waals surface area contributed by atoms with Gasteiger partial charge in [0.1, 0.15) is 0 Å². The first-order valence-electron chi connectivity index (χ1n) is 10.6. The van der Waals surface area contributed by atoms with E-state index in [1.807, 2.05) is 0 Å². The second-order valence-corrected chi connectivity index (χ2v) is 11.8. The first kappa shape index (κ1) is 20.0. The van der Waals surface area contributed by atoms with Crippen molar-refractivity contribution in [1.82, 2.24) is 10.6 Å². The number of guanidine groups is 1. The van der Waals surface area contributed by atoms with Crippen molar-refractivity contribution < 1.29 is 8.42 Å². The van der Waals surface area contributed by atoms with Crippen LogP contribution in [0.2, 0.25) is 0 Å². The summed E-state index contributed by atoms with van der Waals surface area (Å²) in [5.74, 6) is 2.48. The maximum atomic E-state index is 11.7. The van der Waals surface area contributed by atoms with Crippen LogP contribution in [0.4, 0.5) is 0 Å². The summed E-state index contributed by atoms with van der Waals surface area (Å²) in [6.07, 6.45) is 11.0. The quantitative estimate of drug-likeness (QED) is 0.565. The van der Waals surface area contributed by atoms with E-state index >= 15 is 0 Å². The van der Waals surface area contributed by atoms with Crippen LogP contribution in [0.1, 0.15) is 71.6 Å². The first-order chi connectivity index (χ1) is 12.3. The lowest BCUT2D eigenvalue weighted by molar-refractivity contribution is 0.192. The Kier molecular flexibility index (Phi) is 6.52. The fourth-order valence-electron chi connectivity index (χ4n) is 4.56. The SMILES string of the molecule is CC1(C)CCC(CNC(=NCC2CCS(=O)(=O)C2)NC2CCCC2)CC1. The zero-order valence-corrected chi connectivity index (χ0v) is 17.4. The van der Waals surface area contributed by atoms with E-state index in [2.05, 4.69) is 24.5 Å². The van der Waals surface area contributed by atoms with Gasteiger partial charge in [-0.15, -0.1) is 0 Å². The highest BCUT2D eigenvalue weighted by Crippen LogP contribution is 2.37. The van der Waals surface area contributed by atoms with Crippen LogP contribution in [0.3, 0.4) is 0 Å². The number of sulfone groups is 1. The Bertz CT molecular complexity index is 584. The second-order valence-electron chi connectivity index (χ2n) is 9.57. The molecule has 6 heteroatoms. The van der Waals surface area contributed by atoms with Gasteiger partial charge in [-0.2, -0.15) is 0 Å². The van der Waals surface area contributed by atoms with E-state index in [9.17, 15) is 8.42 Å². The van der Waals surface area contributed by atoms with Crippen LogP contribution in [-0.4, -0.2) is 45.0 Å². The molecule has 3 aliphatic rings. The molecule has 150 valence electrons. The highest BCUT2D eigenvalue weighted by molar-refractivity contribution is 7.91. The molecule has 3 fully saturated rings. The second kappa shape index (κ2) is 8.49. The molecule has 0 aromatic heterocycles. The van der Waals surface area contributed by atoms with Crippen LogP contribution in [0, 0.1) is 17.3 Å². The van der Waals surface area contributed by atoms with Gasteiger partial charge in [-0.25, -0.2) is 8.42 Å². The number of hydrogen-bond acceptors (Lipinski definition) is 3. The third kappa shape index (κ3) is 6.14. The lowest BCUT2D eigenvalue weighted by atomic mass is 9.73. The van der Waals surface area contributed by atoms with E-state index in [4.69, 9.17) is 4.99 Å². The van der Waals surface area contributed by atoms with E-state index in [1.54, 1.807) is 0 Å². The van der Waals surface area contributed by atoms with Crippen LogP contribution in [0.15, 0.2) is 4.99 Å². The van der Waals surface area contributed by atoms with Crippen molar-refractivity contribution in [3.8, 4) is 0 Å². The zero-order chi connectivity index (χ0) is 18.6. The summed E-state index contributed by atoms with van der Waals surface area (Å²) >= 11 is 0. The molecular formula is C20H37N3O2S. The van der Waals surface area contributed by atoms with Gasteiger partial charge in [0.25, 0.3) is 0 Å². The van der Waals surface area contributed by atoms with Crippen LogP contribution >= 0.6 is 0 Å². The molecule has 1 saturated heterocycles. The lowest BCUT2D eigenvalue weighted by Gasteiger charge is -2.34. The molecule has 0 radical (unpaired) electrons. The lowest BCUT2D eigenvalue weighted by Crippen LogP contribution is -2.45. The molecule has 0 aromatic rings. The summed E-state index contributed by atoms with van der Waals surface area (Å²) in [4.78, 5) is 4.78. The molecule has 3 rings (SSSR count). The van der Waals surface area contributed by atoms with Gasteiger partial charge in [0.05, 0.1) is 11.5 Å². The predicted molar refractivity (Wildman–Crippen MR) is 108 cm³/mol. The van der Waals surface area contributed by atoms with Crippen LogP contribution in [0.5, 0.6) is 0 Å². The Hall–Kier alpha value is -0.780. The summed E-state index contributed by atoms with van der Waals surface area (Å²) < 4.78 is 23.3. The Balaban J connectivity index is 1.52. The monoisotopic (exact) mass is 383 g/mol. The zero-order valence-electron chi connectivity index (χ0n) is 16.6. The van der Waals surface area contributed by atoms with Crippen molar-refractivity contribution in [3.05, 3.63) is 0 Å². The largest absolute Gasteiger partial charge is 0.356 e. The van der Waals surface area contributed by atoms with Gasteiger partial charge in [-0.05, 0) is 62.2 Å². The minimum absolute atomic E-state index is 0.192. The van der Waals surface area contributed by atoms with Crippen molar-refractivity contribution in [2.45, 2.75) is 77.7 Å². The third-order valence-corrected chi connectivity index (χ3v) is 8.38. The molecule has 0 spiro atoms. The summed E-state index contributed by atoms with van der Waals surface area (Å²) in [5.41, 5.74) is 0.503. The molecule has 5 nitrogen and oxygen atoms in total.